The van der Waals surface area contributed by atoms with Crippen LogP contribution in [-0.2, 0) is 53.7 Å². The summed E-state index contributed by atoms with van der Waals surface area (Å²) >= 11 is 0. The molecule has 1 aromatic heterocycles. The average Bonchev–Trinajstić information content (AvgIpc) is 2.35. The number of carbonyl (C=O) groups is 1. The molecule has 0 aliphatic rings. The van der Waals surface area contributed by atoms with E-state index in [-0.39, 0.29) is 50.6 Å². The summed E-state index contributed by atoms with van der Waals surface area (Å²) in [5.74, 6) is -0.201. The first-order chi connectivity index (χ1) is 8.13. The number of hydrogen-bond donors (Lipinski definition) is 1. The Morgan fingerprint density at radius 1 is 1.50 bits per heavy atom. The molecule has 0 amide bonds. The van der Waals surface area contributed by atoms with Crippen LogP contribution in [0, 0.1) is 6.92 Å². The first-order valence-electron chi connectivity index (χ1n) is 4.77. The Bertz CT molecular complexity index is 451. The van der Waals surface area contributed by atoms with Gasteiger partial charge < -0.3 is 14.7 Å². The first kappa shape index (κ1) is 17.1. The predicted molar refractivity (Wildman–Crippen MR) is 58.3 cm³/mol. The fraction of sp³-hybridized carbons (Fsp3) is 0.400. The van der Waals surface area contributed by atoms with Crippen molar-refractivity contribution in [3.8, 4) is 0 Å². The van der Waals surface area contributed by atoms with E-state index in [2.05, 4.69) is 24.7 Å². The van der Waals surface area contributed by atoms with Crippen molar-refractivity contribution < 1.29 is 52.2 Å². The summed E-state index contributed by atoms with van der Waals surface area (Å²) in [5.41, 5.74) is 0.490. The minimum Gasteiger partial charge on any atom is -0.464 e. The third kappa shape index (κ3) is 4.08. The average molecular weight is 328 g/mol. The molecule has 18 heavy (non-hydrogen) atoms. The first-order valence-corrected chi connectivity index (χ1v) is 4.77. The number of nitrogens with zero attached hydrogens (tertiary/aromatic N) is 3. The van der Waals surface area contributed by atoms with E-state index < -0.39 is 5.97 Å². The zero-order chi connectivity index (χ0) is 12.8. The van der Waals surface area contributed by atoms with Gasteiger partial charge in [0.05, 0.1) is 25.0 Å². The number of methoxy groups -OCH3 is 1. The van der Waals surface area contributed by atoms with Crippen molar-refractivity contribution in [1.29, 1.82) is 0 Å². The van der Waals surface area contributed by atoms with E-state index in [4.69, 9.17) is 0 Å². The van der Waals surface area contributed by atoms with Crippen LogP contribution in [0.5, 0.6) is 0 Å². The van der Waals surface area contributed by atoms with Gasteiger partial charge in [0.2, 0.25) is 0 Å². The van der Waals surface area contributed by atoms with Crippen LogP contribution in [0.1, 0.15) is 17.1 Å². The zero-order valence-corrected chi connectivity index (χ0v) is 13.2. The minimum absolute atomic E-state index is 0. The Kier molecular flexibility index (Phi) is 7.81. The van der Waals surface area contributed by atoms with Crippen molar-refractivity contribution in [2.75, 3.05) is 14.2 Å². The van der Waals surface area contributed by atoms with E-state index in [1.807, 2.05) is 0 Å². The Labute approximate surface area is 129 Å². The maximum Gasteiger partial charge on any atom is 0.360 e. The third-order valence-electron chi connectivity index (χ3n) is 1.95. The Balaban J connectivity index is 0.00000289. The summed E-state index contributed by atoms with van der Waals surface area (Å²) in [4.78, 5) is 24.0. The molecule has 0 saturated carbocycles. The van der Waals surface area contributed by atoms with Crippen LogP contribution in [0.25, 0.3) is 0 Å². The number of aromatic nitrogens is 2. The van der Waals surface area contributed by atoms with Gasteiger partial charge in [0.1, 0.15) is 12.9 Å². The maximum absolute atomic E-state index is 11.5. The fourth-order valence-corrected chi connectivity index (χ4v) is 1.22. The van der Waals surface area contributed by atoms with Crippen LogP contribution in [-0.4, -0.2) is 41.0 Å². The fourth-order valence-electron chi connectivity index (χ4n) is 1.22. The molecule has 7 nitrogen and oxygen atoms in total. The molecule has 95 valence electrons. The smallest absolute Gasteiger partial charge is 0.360 e. The number of esters is 1. The molecule has 1 N–H and O–H groups in total. The number of aliphatic hydroxyl groups is 1. The summed E-state index contributed by atoms with van der Waals surface area (Å²) in [7, 11) is 2.53. The molecule has 0 spiro atoms. The van der Waals surface area contributed by atoms with Gasteiger partial charge in [-0.1, -0.05) is 5.16 Å². The van der Waals surface area contributed by atoms with E-state index in [0.717, 1.165) is 0 Å². The molecule has 0 atom stereocenters. The number of carbonyl (C=O) groups excluding carboxylic acids is 1. The van der Waals surface area contributed by atoms with E-state index in [0.29, 0.717) is 11.5 Å². The topological polar surface area (TPSA) is 93.9 Å². The van der Waals surface area contributed by atoms with Crippen LogP contribution in [0.15, 0.2) is 11.4 Å². The van der Waals surface area contributed by atoms with Crippen molar-refractivity contribution in [3.63, 3.8) is 0 Å². The van der Waals surface area contributed by atoms with Gasteiger partial charge in [0.15, 0.2) is 5.71 Å². The number of aliphatic hydroxyl groups excluding tert-OH is 1. The molecule has 0 fully saturated rings. The molecule has 0 aliphatic heterocycles. The summed E-state index contributed by atoms with van der Waals surface area (Å²) in [5, 5.41) is 12.7. The zero-order valence-electron chi connectivity index (χ0n) is 10.4. The molecule has 0 unspecified atom stereocenters. The van der Waals surface area contributed by atoms with Crippen LogP contribution in [0.4, 0.5) is 0 Å². The molecule has 1 rings (SSSR count). The predicted octanol–water partition coefficient (Wildman–Crippen LogP) is -0.202. The standard InChI is InChI=1S/C10H13N3O4.Y/c1-6-11-4-7(8(5-14)12-6)9(13-17-3)10(15)16-2;/h4,14H,5H2,1-3H3;/b13-9+;. The maximum atomic E-state index is 11.5. The molecule has 0 saturated heterocycles. The molecule has 0 aliphatic carbocycles. The molecule has 1 aromatic rings. The van der Waals surface area contributed by atoms with Gasteiger partial charge in [-0.15, -0.1) is 0 Å². The Morgan fingerprint density at radius 2 is 2.17 bits per heavy atom. The van der Waals surface area contributed by atoms with Gasteiger partial charge >= 0.3 is 5.97 Å². The molecule has 0 aromatic carbocycles. The van der Waals surface area contributed by atoms with Gasteiger partial charge in [-0.2, -0.15) is 0 Å². The van der Waals surface area contributed by atoms with Gasteiger partial charge in [0.25, 0.3) is 0 Å². The second-order valence-corrected chi connectivity index (χ2v) is 3.05. The van der Waals surface area contributed by atoms with Crippen LogP contribution >= 0.6 is 0 Å². The molecular formula is C10H13N3O4Y. The molecule has 8 heteroatoms. The van der Waals surface area contributed by atoms with Crippen LogP contribution in [0.3, 0.4) is 0 Å². The van der Waals surface area contributed by atoms with E-state index in [1.54, 1.807) is 6.92 Å². The van der Waals surface area contributed by atoms with E-state index in [1.165, 1.54) is 20.4 Å². The number of oxime groups is 1. The molecule has 1 heterocycles. The van der Waals surface area contributed by atoms with Crippen molar-refractivity contribution in [3.05, 3.63) is 23.3 Å². The van der Waals surface area contributed by atoms with Crippen molar-refractivity contribution in [1.82, 2.24) is 9.97 Å². The van der Waals surface area contributed by atoms with E-state index in [9.17, 15) is 9.90 Å². The SMILES string of the molecule is CO/N=C(/C(=O)OC)c1cnc(C)nc1CO.[Y]. The van der Waals surface area contributed by atoms with Crippen LogP contribution < -0.4 is 0 Å². The summed E-state index contributed by atoms with van der Waals surface area (Å²) in [6.07, 6.45) is 1.39. The van der Waals surface area contributed by atoms with E-state index >= 15 is 0 Å². The summed E-state index contributed by atoms with van der Waals surface area (Å²) < 4.78 is 4.56. The minimum atomic E-state index is -0.686. The number of ether oxygens (including phenoxy) is 1. The van der Waals surface area contributed by atoms with Gasteiger partial charge in [0, 0.05) is 38.9 Å². The van der Waals surface area contributed by atoms with Gasteiger partial charge in [-0.3, -0.25) is 0 Å². The van der Waals surface area contributed by atoms with Crippen molar-refractivity contribution in [2.45, 2.75) is 13.5 Å². The number of hydrogen-bond acceptors (Lipinski definition) is 7. The molecule has 1 radical (unpaired) electrons. The summed E-state index contributed by atoms with van der Waals surface area (Å²) in [6, 6.07) is 0. The third-order valence-corrected chi connectivity index (χ3v) is 1.95. The second kappa shape index (κ2) is 8.23. The Morgan fingerprint density at radius 3 is 2.67 bits per heavy atom. The largest absolute Gasteiger partial charge is 0.464 e. The van der Waals surface area contributed by atoms with Crippen LogP contribution in [0.2, 0.25) is 0 Å². The quantitative estimate of drug-likeness (QED) is 0.467. The van der Waals surface area contributed by atoms with Crippen molar-refractivity contribution in [2.24, 2.45) is 5.16 Å². The molecular weight excluding hydrogens is 315 g/mol. The van der Waals surface area contributed by atoms with Gasteiger partial charge in [-0.05, 0) is 6.92 Å². The monoisotopic (exact) mass is 328 g/mol. The van der Waals surface area contributed by atoms with Crippen molar-refractivity contribution >= 4 is 11.7 Å². The Hall–Kier alpha value is -0.916. The molecule has 0 bridgehead atoms. The normalized spacial score (nSPS) is 10.6. The summed E-state index contributed by atoms with van der Waals surface area (Å²) in [6.45, 7) is 1.34. The number of rotatable bonds is 4. The van der Waals surface area contributed by atoms with Gasteiger partial charge in [-0.25, -0.2) is 14.8 Å². The second-order valence-electron chi connectivity index (χ2n) is 3.05. The number of aryl methyl sites for hydroxylation is 1.